The summed E-state index contributed by atoms with van der Waals surface area (Å²) in [6.45, 7) is 11.6. The van der Waals surface area contributed by atoms with Crippen molar-refractivity contribution in [3.63, 3.8) is 0 Å². The number of hydrogen-bond acceptors (Lipinski definition) is 2. The summed E-state index contributed by atoms with van der Waals surface area (Å²) in [5.41, 5.74) is 5.84. The second kappa shape index (κ2) is 6.50. The molecule has 21 heavy (non-hydrogen) atoms. The highest BCUT2D eigenvalue weighted by molar-refractivity contribution is 5.36. The number of aryl methyl sites for hydroxylation is 3. The van der Waals surface area contributed by atoms with Crippen LogP contribution in [0.25, 0.3) is 0 Å². The zero-order valence-corrected chi connectivity index (χ0v) is 13.9. The molecular weight excluding hydrogens is 256 g/mol. The van der Waals surface area contributed by atoms with Gasteiger partial charge < -0.3 is 5.32 Å². The van der Waals surface area contributed by atoms with Crippen LogP contribution in [0, 0.1) is 26.7 Å². The number of benzene rings is 1. The van der Waals surface area contributed by atoms with Crippen molar-refractivity contribution < 1.29 is 0 Å². The van der Waals surface area contributed by atoms with Gasteiger partial charge in [-0.05, 0) is 87.7 Å². The van der Waals surface area contributed by atoms with E-state index in [4.69, 9.17) is 0 Å². The fraction of sp³-hybridized carbons (Fsp3) is 0.684. The van der Waals surface area contributed by atoms with Gasteiger partial charge in [-0.3, -0.25) is 4.90 Å². The van der Waals surface area contributed by atoms with Crippen LogP contribution in [0.3, 0.4) is 0 Å². The molecule has 2 aliphatic heterocycles. The van der Waals surface area contributed by atoms with Crippen LogP contribution in [0.4, 0.5) is 0 Å². The van der Waals surface area contributed by atoms with Gasteiger partial charge in [-0.1, -0.05) is 12.1 Å². The first-order valence-electron chi connectivity index (χ1n) is 8.66. The van der Waals surface area contributed by atoms with E-state index >= 15 is 0 Å². The zero-order valence-electron chi connectivity index (χ0n) is 13.9. The zero-order chi connectivity index (χ0) is 14.8. The van der Waals surface area contributed by atoms with Crippen molar-refractivity contribution in [2.24, 2.45) is 5.92 Å². The van der Waals surface area contributed by atoms with Crippen LogP contribution < -0.4 is 5.32 Å². The molecule has 0 aliphatic carbocycles. The molecule has 1 aromatic rings. The summed E-state index contributed by atoms with van der Waals surface area (Å²) < 4.78 is 0. The van der Waals surface area contributed by atoms with Crippen molar-refractivity contribution >= 4 is 0 Å². The first kappa shape index (κ1) is 15.1. The minimum absolute atomic E-state index is 0.786. The molecule has 0 radical (unpaired) electrons. The van der Waals surface area contributed by atoms with Crippen molar-refractivity contribution in [2.75, 3.05) is 19.6 Å². The number of hydrogen-bond donors (Lipinski definition) is 1. The Hall–Kier alpha value is -0.860. The van der Waals surface area contributed by atoms with E-state index in [-0.39, 0.29) is 0 Å². The van der Waals surface area contributed by atoms with Crippen LogP contribution in [-0.4, -0.2) is 30.6 Å². The quantitative estimate of drug-likeness (QED) is 0.913. The van der Waals surface area contributed by atoms with Crippen molar-refractivity contribution in [3.8, 4) is 0 Å². The monoisotopic (exact) mass is 286 g/mol. The van der Waals surface area contributed by atoms with Crippen LogP contribution in [0.2, 0.25) is 0 Å². The highest BCUT2D eigenvalue weighted by Crippen LogP contribution is 2.26. The predicted molar refractivity (Wildman–Crippen MR) is 89.7 cm³/mol. The molecule has 2 aliphatic rings. The third-order valence-corrected chi connectivity index (χ3v) is 5.56. The Labute approximate surface area is 129 Å². The van der Waals surface area contributed by atoms with Crippen LogP contribution >= 0.6 is 0 Å². The molecule has 2 saturated heterocycles. The predicted octanol–water partition coefficient (Wildman–Crippen LogP) is 3.58. The van der Waals surface area contributed by atoms with Gasteiger partial charge in [-0.25, -0.2) is 0 Å². The van der Waals surface area contributed by atoms with E-state index in [2.05, 4.69) is 43.1 Å². The van der Waals surface area contributed by atoms with Crippen LogP contribution in [-0.2, 0) is 6.54 Å². The van der Waals surface area contributed by atoms with Crippen molar-refractivity contribution in [3.05, 3.63) is 34.4 Å². The lowest BCUT2D eigenvalue weighted by molar-refractivity contribution is 0.145. The molecule has 2 atom stereocenters. The van der Waals surface area contributed by atoms with E-state index in [1.807, 2.05) is 0 Å². The molecule has 0 saturated carbocycles. The Balaban J connectivity index is 1.65. The molecule has 1 N–H and O–H groups in total. The Morgan fingerprint density at radius 1 is 1.05 bits per heavy atom. The van der Waals surface area contributed by atoms with Crippen LogP contribution in [0.5, 0.6) is 0 Å². The minimum Gasteiger partial charge on any atom is -0.314 e. The lowest BCUT2D eigenvalue weighted by Gasteiger charge is -2.36. The Morgan fingerprint density at radius 2 is 1.86 bits per heavy atom. The van der Waals surface area contributed by atoms with Gasteiger partial charge in [-0.2, -0.15) is 0 Å². The van der Waals surface area contributed by atoms with Crippen LogP contribution in [0.1, 0.15) is 47.9 Å². The second-order valence-electron chi connectivity index (χ2n) is 7.20. The van der Waals surface area contributed by atoms with Gasteiger partial charge in [0.2, 0.25) is 0 Å². The molecule has 2 fully saturated rings. The summed E-state index contributed by atoms with van der Waals surface area (Å²) in [7, 11) is 0. The third kappa shape index (κ3) is 3.49. The number of piperidine rings is 1. The van der Waals surface area contributed by atoms with Gasteiger partial charge in [0.25, 0.3) is 0 Å². The molecule has 2 nitrogen and oxygen atoms in total. The maximum absolute atomic E-state index is 3.71. The Bertz CT molecular complexity index is 489. The van der Waals surface area contributed by atoms with E-state index in [1.165, 1.54) is 67.6 Å². The Morgan fingerprint density at radius 3 is 2.62 bits per heavy atom. The summed E-state index contributed by atoms with van der Waals surface area (Å²) in [5.74, 6) is 0.869. The molecule has 0 aromatic heterocycles. The lowest BCUT2D eigenvalue weighted by atomic mass is 9.89. The fourth-order valence-corrected chi connectivity index (χ4v) is 4.11. The average Bonchev–Trinajstić information content (AvgIpc) is 2.99. The molecule has 2 heterocycles. The topological polar surface area (TPSA) is 15.3 Å². The maximum atomic E-state index is 3.71. The molecule has 0 bridgehead atoms. The SMILES string of the molecule is Cc1cc(C)c(CN2CCCC(C3CCCN3)C2)cc1C. The largest absolute Gasteiger partial charge is 0.314 e. The van der Waals surface area contributed by atoms with Crippen LogP contribution in [0.15, 0.2) is 12.1 Å². The van der Waals surface area contributed by atoms with E-state index in [0.717, 1.165) is 18.5 Å². The molecule has 2 unspecified atom stereocenters. The van der Waals surface area contributed by atoms with Crippen molar-refractivity contribution in [1.82, 2.24) is 10.2 Å². The van der Waals surface area contributed by atoms with Crippen molar-refractivity contribution in [2.45, 2.75) is 59.0 Å². The third-order valence-electron chi connectivity index (χ3n) is 5.56. The number of nitrogens with one attached hydrogen (secondary N) is 1. The first-order chi connectivity index (χ1) is 10.1. The average molecular weight is 286 g/mol. The molecule has 1 aromatic carbocycles. The Kier molecular flexibility index (Phi) is 4.66. The minimum atomic E-state index is 0.786. The van der Waals surface area contributed by atoms with Gasteiger partial charge in [0.15, 0.2) is 0 Å². The standard InChI is InChI=1S/C19H30N2/c1-14-10-16(3)18(11-15(14)2)13-21-9-5-6-17(12-21)19-7-4-8-20-19/h10-11,17,19-20H,4-9,12-13H2,1-3H3. The smallest absolute Gasteiger partial charge is 0.0236 e. The van der Waals surface area contributed by atoms with Gasteiger partial charge >= 0.3 is 0 Å². The second-order valence-corrected chi connectivity index (χ2v) is 7.20. The molecule has 0 spiro atoms. The molecule has 116 valence electrons. The van der Waals surface area contributed by atoms with E-state index in [0.29, 0.717) is 0 Å². The first-order valence-corrected chi connectivity index (χ1v) is 8.66. The lowest BCUT2D eigenvalue weighted by Crippen LogP contribution is -2.43. The van der Waals surface area contributed by atoms with Gasteiger partial charge in [0.05, 0.1) is 0 Å². The summed E-state index contributed by atoms with van der Waals surface area (Å²) >= 11 is 0. The molecule has 2 heteroatoms. The van der Waals surface area contributed by atoms with Gasteiger partial charge in [-0.15, -0.1) is 0 Å². The molecular formula is C19H30N2. The fourth-order valence-electron chi connectivity index (χ4n) is 4.11. The molecule has 0 amide bonds. The van der Waals surface area contributed by atoms with Gasteiger partial charge in [0, 0.05) is 19.1 Å². The van der Waals surface area contributed by atoms with E-state index < -0.39 is 0 Å². The summed E-state index contributed by atoms with van der Waals surface area (Å²) in [6, 6.07) is 5.54. The summed E-state index contributed by atoms with van der Waals surface area (Å²) in [4.78, 5) is 2.69. The highest BCUT2D eigenvalue weighted by Gasteiger charge is 2.29. The number of likely N-dealkylation sites (tertiary alicyclic amines) is 1. The normalized spacial score (nSPS) is 27.2. The summed E-state index contributed by atoms with van der Waals surface area (Å²) in [5, 5.41) is 3.71. The number of nitrogens with zero attached hydrogens (tertiary/aromatic N) is 1. The summed E-state index contributed by atoms with van der Waals surface area (Å²) in [6.07, 6.45) is 5.55. The molecule has 3 rings (SSSR count). The number of rotatable bonds is 3. The van der Waals surface area contributed by atoms with Gasteiger partial charge in [0.1, 0.15) is 0 Å². The van der Waals surface area contributed by atoms with E-state index in [9.17, 15) is 0 Å². The van der Waals surface area contributed by atoms with Crippen molar-refractivity contribution in [1.29, 1.82) is 0 Å². The maximum Gasteiger partial charge on any atom is 0.0236 e. The van der Waals surface area contributed by atoms with E-state index in [1.54, 1.807) is 0 Å². The highest BCUT2D eigenvalue weighted by atomic mass is 15.1.